The van der Waals surface area contributed by atoms with Gasteiger partial charge in [-0.1, -0.05) is 23.4 Å². The van der Waals surface area contributed by atoms with E-state index in [-0.39, 0.29) is 5.91 Å². The summed E-state index contributed by atoms with van der Waals surface area (Å²) in [7, 11) is 0. The second-order valence-electron chi connectivity index (χ2n) is 3.41. The summed E-state index contributed by atoms with van der Waals surface area (Å²) < 4.78 is 0. The van der Waals surface area contributed by atoms with E-state index >= 15 is 0 Å². The van der Waals surface area contributed by atoms with E-state index in [1.54, 1.807) is 11.0 Å². The number of hydrogen-bond acceptors (Lipinski definition) is 4. The van der Waals surface area contributed by atoms with Gasteiger partial charge < -0.3 is 10.6 Å². The lowest BCUT2D eigenvalue weighted by Gasteiger charge is -2.18. The van der Waals surface area contributed by atoms with E-state index < -0.39 is 0 Å². The highest BCUT2D eigenvalue weighted by molar-refractivity contribution is 8.00. The number of aromatic nitrogens is 1. The molecule has 0 spiro atoms. The van der Waals surface area contributed by atoms with E-state index in [2.05, 4.69) is 4.98 Å². The highest BCUT2D eigenvalue weighted by Gasteiger charge is 2.11. The molecule has 0 saturated heterocycles. The van der Waals surface area contributed by atoms with Crippen LogP contribution in [0.5, 0.6) is 0 Å². The molecule has 1 heterocycles. The maximum absolute atomic E-state index is 11.8. The topological polar surface area (TPSA) is 59.2 Å². The summed E-state index contributed by atoms with van der Waals surface area (Å²) in [6.07, 6.45) is 1.54. The van der Waals surface area contributed by atoms with Gasteiger partial charge in [-0.25, -0.2) is 4.98 Å². The molecule has 0 radical (unpaired) electrons. The van der Waals surface area contributed by atoms with Crippen molar-refractivity contribution in [2.24, 2.45) is 0 Å². The van der Waals surface area contributed by atoms with E-state index in [9.17, 15) is 4.79 Å². The molecule has 1 aromatic heterocycles. The molecule has 0 atom stereocenters. The van der Waals surface area contributed by atoms with Gasteiger partial charge >= 0.3 is 0 Å². The molecule has 0 bridgehead atoms. The van der Waals surface area contributed by atoms with E-state index in [1.807, 2.05) is 13.8 Å². The number of rotatable bonds is 5. The highest BCUT2D eigenvalue weighted by Crippen LogP contribution is 2.26. The van der Waals surface area contributed by atoms with Gasteiger partial charge in [-0.3, -0.25) is 4.79 Å². The van der Waals surface area contributed by atoms with Gasteiger partial charge in [0, 0.05) is 13.1 Å². The minimum Gasteiger partial charge on any atom is -0.397 e. The zero-order valence-electron chi connectivity index (χ0n) is 9.94. The predicted molar refractivity (Wildman–Crippen MR) is 72.3 cm³/mol. The van der Waals surface area contributed by atoms with E-state index in [0.29, 0.717) is 21.5 Å². The van der Waals surface area contributed by atoms with Crippen molar-refractivity contribution in [1.29, 1.82) is 0 Å². The Labute approximate surface area is 111 Å². The van der Waals surface area contributed by atoms with Crippen LogP contribution in [0.15, 0.2) is 17.3 Å². The molecular formula is C11H16ClN3OS. The molecule has 17 heavy (non-hydrogen) atoms. The van der Waals surface area contributed by atoms with Crippen molar-refractivity contribution in [3.05, 3.63) is 17.3 Å². The Kier molecular flexibility index (Phi) is 5.58. The molecule has 0 saturated carbocycles. The third-order valence-corrected chi connectivity index (χ3v) is 3.67. The van der Waals surface area contributed by atoms with Crippen LogP contribution in [-0.4, -0.2) is 34.6 Å². The van der Waals surface area contributed by atoms with Gasteiger partial charge in [0.15, 0.2) is 0 Å². The van der Waals surface area contributed by atoms with Gasteiger partial charge in [-0.15, -0.1) is 0 Å². The number of pyridine rings is 1. The van der Waals surface area contributed by atoms with Crippen LogP contribution in [-0.2, 0) is 4.79 Å². The van der Waals surface area contributed by atoms with Crippen LogP contribution in [0, 0.1) is 0 Å². The maximum Gasteiger partial charge on any atom is 0.232 e. The van der Waals surface area contributed by atoms with Crippen molar-refractivity contribution in [3.8, 4) is 0 Å². The number of nitrogens with two attached hydrogens (primary N) is 1. The molecule has 2 N–H and O–H groups in total. The SMILES string of the molecule is CCN(CC)C(=O)CSc1ncc(N)cc1Cl. The summed E-state index contributed by atoms with van der Waals surface area (Å²) >= 11 is 7.31. The Bertz CT molecular complexity index is 396. The summed E-state index contributed by atoms with van der Waals surface area (Å²) in [5, 5.41) is 1.13. The first-order valence-corrected chi connectivity index (χ1v) is 6.76. The van der Waals surface area contributed by atoms with Crippen LogP contribution < -0.4 is 5.73 Å². The fourth-order valence-corrected chi connectivity index (χ4v) is 2.45. The van der Waals surface area contributed by atoms with Crippen LogP contribution in [0.1, 0.15) is 13.8 Å². The largest absolute Gasteiger partial charge is 0.397 e. The summed E-state index contributed by atoms with van der Waals surface area (Å²) in [5.74, 6) is 0.438. The van der Waals surface area contributed by atoms with Crippen LogP contribution in [0.25, 0.3) is 0 Å². The number of hydrogen-bond donors (Lipinski definition) is 1. The van der Waals surface area contributed by atoms with Crippen LogP contribution in [0.4, 0.5) is 5.69 Å². The number of amides is 1. The summed E-state index contributed by atoms with van der Waals surface area (Å²) in [6.45, 7) is 5.36. The van der Waals surface area contributed by atoms with Crippen molar-refractivity contribution in [2.75, 3.05) is 24.6 Å². The van der Waals surface area contributed by atoms with Gasteiger partial charge in [0.2, 0.25) is 5.91 Å². The first kappa shape index (κ1) is 14.1. The minimum atomic E-state index is 0.0923. The molecule has 1 amide bonds. The standard InChI is InChI=1S/C11H16ClN3OS/c1-3-15(4-2)10(16)7-17-11-9(12)5-8(13)6-14-11/h5-6H,3-4,7,13H2,1-2H3. The lowest BCUT2D eigenvalue weighted by atomic mass is 10.4. The summed E-state index contributed by atoms with van der Waals surface area (Å²) in [4.78, 5) is 17.6. The normalized spacial score (nSPS) is 10.3. The third kappa shape index (κ3) is 4.09. The Morgan fingerprint density at radius 3 is 2.71 bits per heavy atom. The van der Waals surface area contributed by atoms with E-state index in [4.69, 9.17) is 17.3 Å². The molecule has 1 aromatic rings. The van der Waals surface area contributed by atoms with E-state index in [0.717, 1.165) is 13.1 Å². The molecule has 4 nitrogen and oxygen atoms in total. The van der Waals surface area contributed by atoms with Crippen LogP contribution in [0.2, 0.25) is 5.02 Å². The van der Waals surface area contributed by atoms with Gasteiger partial charge in [-0.2, -0.15) is 0 Å². The molecule has 0 unspecified atom stereocenters. The molecule has 0 aliphatic rings. The molecule has 0 aliphatic heterocycles. The van der Waals surface area contributed by atoms with Gasteiger partial charge in [0.05, 0.1) is 22.7 Å². The third-order valence-electron chi connectivity index (χ3n) is 2.28. The van der Waals surface area contributed by atoms with E-state index in [1.165, 1.54) is 18.0 Å². The predicted octanol–water partition coefficient (Wildman–Crippen LogP) is 2.28. The smallest absolute Gasteiger partial charge is 0.232 e. The average molecular weight is 274 g/mol. The van der Waals surface area contributed by atoms with Crippen molar-refractivity contribution in [3.63, 3.8) is 0 Å². The Balaban J connectivity index is 2.58. The molecule has 0 aromatic carbocycles. The maximum atomic E-state index is 11.8. The zero-order valence-corrected chi connectivity index (χ0v) is 11.5. The quantitative estimate of drug-likeness (QED) is 0.836. The molecule has 6 heteroatoms. The first-order chi connectivity index (χ1) is 8.08. The second kappa shape index (κ2) is 6.71. The number of carbonyl (C=O) groups excluding carboxylic acids is 1. The summed E-state index contributed by atoms with van der Waals surface area (Å²) in [5.41, 5.74) is 6.07. The van der Waals surface area contributed by atoms with Crippen molar-refractivity contribution >= 4 is 35.0 Å². The minimum absolute atomic E-state index is 0.0923. The van der Waals surface area contributed by atoms with Gasteiger partial charge in [0.25, 0.3) is 0 Å². The Morgan fingerprint density at radius 2 is 2.18 bits per heavy atom. The zero-order chi connectivity index (χ0) is 12.8. The van der Waals surface area contributed by atoms with Crippen molar-refractivity contribution < 1.29 is 4.79 Å². The number of nitrogens with zero attached hydrogens (tertiary/aromatic N) is 2. The Morgan fingerprint density at radius 1 is 1.53 bits per heavy atom. The van der Waals surface area contributed by atoms with Crippen LogP contribution in [0.3, 0.4) is 0 Å². The number of halogens is 1. The fraction of sp³-hybridized carbons (Fsp3) is 0.455. The summed E-state index contributed by atoms with van der Waals surface area (Å²) in [6, 6.07) is 1.64. The molecular weight excluding hydrogens is 258 g/mol. The number of anilines is 1. The van der Waals surface area contributed by atoms with Crippen molar-refractivity contribution in [2.45, 2.75) is 18.9 Å². The number of thioether (sulfide) groups is 1. The van der Waals surface area contributed by atoms with Crippen LogP contribution >= 0.6 is 23.4 Å². The number of carbonyl (C=O) groups is 1. The lowest BCUT2D eigenvalue weighted by Crippen LogP contribution is -2.31. The molecule has 1 rings (SSSR count). The fourth-order valence-electron chi connectivity index (χ4n) is 1.34. The monoisotopic (exact) mass is 273 g/mol. The van der Waals surface area contributed by atoms with Gasteiger partial charge in [-0.05, 0) is 19.9 Å². The Hall–Kier alpha value is -0.940. The average Bonchev–Trinajstić information content (AvgIpc) is 2.29. The first-order valence-electron chi connectivity index (χ1n) is 5.40. The second-order valence-corrected chi connectivity index (χ2v) is 4.78. The lowest BCUT2D eigenvalue weighted by molar-refractivity contribution is -0.127. The molecule has 0 fully saturated rings. The van der Waals surface area contributed by atoms with Crippen molar-refractivity contribution in [1.82, 2.24) is 9.88 Å². The van der Waals surface area contributed by atoms with Gasteiger partial charge in [0.1, 0.15) is 5.03 Å². The molecule has 94 valence electrons. The number of nitrogen functional groups attached to an aromatic ring is 1. The molecule has 0 aliphatic carbocycles. The highest BCUT2D eigenvalue weighted by atomic mass is 35.5.